The van der Waals surface area contributed by atoms with Crippen molar-refractivity contribution in [1.29, 1.82) is 0 Å². The average Bonchev–Trinajstić information content (AvgIpc) is 2.73. The van der Waals surface area contributed by atoms with Crippen LogP contribution in [0.4, 0.5) is 0 Å². The summed E-state index contributed by atoms with van der Waals surface area (Å²) in [4.78, 5) is 4.10. The van der Waals surface area contributed by atoms with E-state index in [1.165, 1.54) is 0 Å². The van der Waals surface area contributed by atoms with Crippen LogP contribution in [-0.4, -0.2) is 10.1 Å². The molecule has 0 saturated heterocycles. The molecule has 2 N–H and O–H groups in total. The minimum atomic E-state index is 0.307. The van der Waals surface area contributed by atoms with E-state index in [0.29, 0.717) is 24.9 Å². The van der Waals surface area contributed by atoms with Crippen LogP contribution in [0.5, 0.6) is 5.75 Å². The van der Waals surface area contributed by atoms with E-state index in [9.17, 15) is 0 Å². The first-order valence-corrected chi connectivity index (χ1v) is 5.82. The lowest BCUT2D eigenvalue weighted by atomic mass is 10.1. The molecule has 0 amide bonds. The SMILES string of the molecule is Cc1nc(COc2c(C)cc(CN)cc2C)no1. The van der Waals surface area contributed by atoms with Gasteiger partial charge in [-0.25, -0.2) is 0 Å². The minimum absolute atomic E-state index is 0.307. The summed E-state index contributed by atoms with van der Waals surface area (Å²) < 4.78 is 10.6. The first-order valence-electron chi connectivity index (χ1n) is 5.82. The predicted molar refractivity (Wildman–Crippen MR) is 67.2 cm³/mol. The Morgan fingerprint density at radius 2 is 1.89 bits per heavy atom. The molecule has 0 aliphatic carbocycles. The maximum Gasteiger partial charge on any atom is 0.223 e. The van der Waals surface area contributed by atoms with Crippen LogP contribution < -0.4 is 10.5 Å². The Balaban J connectivity index is 2.14. The molecule has 1 heterocycles. The standard InChI is InChI=1S/C13H17N3O2/c1-8-4-11(6-14)5-9(2)13(8)17-7-12-15-10(3)18-16-12/h4-5H,6-7,14H2,1-3H3. The number of nitrogens with two attached hydrogens (primary N) is 1. The van der Waals surface area contributed by atoms with Crippen molar-refractivity contribution in [3.8, 4) is 5.75 Å². The van der Waals surface area contributed by atoms with Crippen molar-refractivity contribution in [2.45, 2.75) is 33.9 Å². The van der Waals surface area contributed by atoms with Crippen molar-refractivity contribution in [3.63, 3.8) is 0 Å². The summed E-state index contributed by atoms with van der Waals surface area (Å²) in [5, 5.41) is 3.79. The van der Waals surface area contributed by atoms with Crippen molar-refractivity contribution in [1.82, 2.24) is 10.1 Å². The van der Waals surface area contributed by atoms with Crippen LogP contribution in [-0.2, 0) is 13.2 Å². The monoisotopic (exact) mass is 247 g/mol. The number of aromatic nitrogens is 2. The Kier molecular flexibility index (Phi) is 3.62. The fraction of sp³-hybridized carbons (Fsp3) is 0.385. The quantitative estimate of drug-likeness (QED) is 0.894. The van der Waals surface area contributed by atoms with Crippen LogP contribution in [0.3, 0.4) is 0 Å². The average molecular weight is 247 g/mol. The largest absolute Gasteiger partial charge is 0.485 e. The molecule has 1 aromatic carbocycles. The Hall–Kier alpha value is -1.88. The summed E-state index contributed by atoms with van der Waals surface area (Å²) >= 11 is 0. The summed E-state index contributed by atoms with van der Waals surface area (Å²) in [6.45, 7) is 6.60. The molecular weight excluding hydrogens is 230 g/mol. The normalized spacial score (nSPS) is 10.7. The zero-order chi connectivity index (χ0) is 13.1. The topological polar surface area (TPSA) is 74.2 Å². The number of aryl methyl sites for hydroxylation is 3. The molecule has 0 spiro atoms. The van der Waals surface area contributed by atoms with E-state index in [2.05, 4.69) is 10.1 Å². The molecule has 5 heteroatoms. The van der Waals surface area contributed by atoms with Crippen molar-refractivity contribution in [2.24, 2.45) is 5.73 Å². The van der Waals surface area contributed by atoms with Crippen molar-refractivity contribution < 1.29 is 9.26 Å². The number of nitrogens with zero attached hydrogens (tertiary/aromatic N) is 2. The molecule has 1 aromatic heterocycles. The molecule has 0 saturated carbocycles. The predicted octanol–water partition coefficient (Wildman–Crippen LogP) is 2.03. The molecule has 0 fully saturated rings. The van der Waals surface area contributed by atoms with Gasteiger partial charge >= 0.3 is 0 Å². The molecule has 2 aromatic rings. The summed E-state index contributed by atoms with van der Waals surface area (Å²) in [7, 11) is 0. The summed E-state index contributed by atoms with van der Waals surface area (Å²) in [5.74, 6) is 1.95. The lowest BCUT2D eigenvalue weighted by Gasteiger charge is -2.12. The second-order valence-corrected chi connectivity index (χ2v) is 4.28. The number of hydrogen-bond donors (Lipinski definition) is 1. The van der Waals surface area contributed by atoms with E-state index < -0.39 is 0 Å². The number of ether oxygens (including phenoxy) is 1. The van der Waals surface area contributed by atoms with Gasteiger partial charge in [0.1, 0.15) is 5.75 Å². The van der Waals surface area contributed by atoms with E-state index in [0.717, 1.165) is 22.4 Å². The second kappa shape index (κ2) is 5.18. The molecule has 0 unspecified atom stereocenters. The first-order chi connectivity index (χ1) is 8.60. The third-order valence-electron chi connectivity index (χ3n) is 2.67. The minimum Gasteiger partial charge on any atom is -0.485 e. The van der Waals surface area contributed by atoms with Gasteiger partial charge in [0.15, 0.2) is 6.61 Å². The fourth-order valence-corrected chi connectivity index (χ4v) is 1.92. The van der Waals surface area contributed by atoms with E-state index in [1.54, 1.807) is 6.92 Å². The zero-order valence-electron chi connectivity index (χ0n) is 10.9. The van der Waals surface area contributed by atoms with Gasteiger partial charge in [0.05, 0.1) is 0 Å². The van der Waals surface area contributed by atoms with Gasteiger partial charge in [-0.3, -0.25) is 0 Å². The summed E-state index contributed by atoms with van der Waals surface area (Å²) in [6.07, 6.45) is 0. The Bertz CT molecular complexity index is 526. The van der Waals surface area contributed by atoms with E-state index >= 15 is 0 Å². The molecule has 96 valence electrons. The molecule has 0 aliphatic rings. The van der Waals surface area contributed by atoms with E-state index in [1.807, 2.05) is 26.0 Å². The van der Waals surface area contributed by atoms with Gasteiger partial charge in [-0.2, -0.15) is 4.98 Å². The van der Waals surface area contributed by atoms with Gasteiger partial charge in [-0.15, -0.1) is 0 Å². The molecule has 5 nitrogen and oxygen atoms in total. The van der Waals surface area contributed by atoms with Gasteiger partial charge in [0, 0.05) is 13.5 Å². The maximum atomic E-state index is 5.74. The highest BCUT2D eigenvalue weighted by atomic mass is 16.5. The fourth-order valence-electron chi connectivity index (χ4n) is 1.92. The van der Waals surface area contributed by atoms with E-state index in [-0.39, 0.29) is 0 Å². The summed E-state index contributed by atoms with van der Waals surface area (Å²) in [5.41, 5.74) is 8.87. The van der Waals surface area contributed by atoms with Crippen LogP contribution in [0.15, 0.2) is 16.7 Å². The highest BCUT2D eigenvalue weighted by molar-refractivity contribution is 5.43. The van der Waals surface area contributed by atoms with Gasteiger partial charge < -0.3 is 15.0 Å². The van der Waals surface area contributed by atoms with Crippen LogP contribution in [0, 0.1) is 20.8 Å². The molecule has 0 atom stereocenters. The number of rotatable bonds is 4. The van der Waals surface area contributed by atoms with Crippen LogP contribution in [0.25, 0.3) is 0 Å². The highest BCUT2D eigenvalue weighted by Crippen LogP contribution is 2.25. The third kappa shape index (κ3) is 2.68. The van der Waals surface area contributed by atoms with Crippen molar-refractivity contribution in [3.05, 3.63) is 40.5 Å². The number of benzene rings is 1. The third-order valence-corrected chi connectivity index (χ3v) is 2.67. The van der Waals surface area contributed by atoms with E-state index in [4.69, 9.17) is 15.0 Å². The van der Waals surface area contributed by atoms with Gasteiger partial charge in [0.25, 0.3) is 0 Å². The lowest BCUT2D eigenvalue weighted by molar-refractivity contribution is 0.282. The molecule has 0 aliphatic heterocycles. The van der Waals surface area contributed by atoms with Crippen molar-refractivity contribution >= 4 is 0 Å². The Morgan fingerprint density at radius 3 is 2.39 bits per heavy atom. The second-order valence-electron chi connectivity index (χ2n) is 4.28. The Morgan fingerprint density at radius 1 is 1.22 bits per heavy atom. The molecule has 2 rings (SSSR count). The van der Waals surface area contributed by atoms with Gasteiger partial charge in [-0.1, -0.05) is 17.3 Å². The van der Waals surface area contributed by atoms with Crippen molar-refractivity contribution in [2.75, 3.05) is 0 Å². The van der Waals surface area contributed by atoms with Gasteiger partial charge in [0.2, 0.25) is 11.7 Å². The Labute approximate surface area is 106 Å². The van der Waals surface area contributed by atoms with Gasteiger partial charge in [-0.05, 0) is 30.5 Å². The number of hydrogen-bond acceptors (Lipinski definition) is 5. The van der Waals surface area contributed by atoms with Crippen LogP contribution in [0.1, 0.15) is 28.4 Å². The smallest absolute Gasteiger partial charge is 0.223 e. The maximum absolute atomic E-state index is 5.74. The summed E-state index contributed by atoms with van der Waals surface area (Å²) in [6, 6.07) is 4.06. The van der Waals surface area contributed by atoms with Crippen LogP contribution in [0.2, 0.25) is 0 Å². The molecular formula is C13H17N3O2. The zero-order valence-corrected chi connectivity index (χ0v) is 10.9. The molecule has 0 bridgehead atoms. The van der Waals surface area contributed by atoms with Crippen LogP contribution >= 0.6 is 0 Å². The lowest BCUT2D eigenvalue weighted by Crippen LogP contribution is -2.03. The molecule has 0 radical (unpaired) electrons. The molecule has 18 heavy (non-hydrogen) atoms. The highest BCUT2D eigenvalue weighted by Gasteiger charge is 2.08. The first kappa shape index (κ1) is 12.6.